The summed E-state index contributed by atoms with van der Waals surface area (Å²) in [7, 11) is 0. The van der Waals surface area contributed by atoms with Gasteiger partial charge in [0.1, 0.15) is 17.8 Å². The molecule has 6 heteroatoms. The highest BCUT2D eigenvalue weighted by Gasteiger charge is 2.18. The van der Waals surface area contributed by atoms with Crippen LogP contribution in [0.25, 0.3) is 11.5 Å². The zero-order chi connectivity index (χ0) is 11.0. The largest absolute Gasteiger partial charge is 0.449 e. The van der Waals surface area contributed by atoms with Crippen molar-refractivity contribution in [2.45, 2.75) is 19.9 Å². The summed E-state index contributed by atoms with van der Waals surface area (Å²) in [6, 6.07) is 0. The van der Waals surface area contributed by atoms with Crippen molar-refractivity contribution in [2.75, 3.05) is 13.2 Å². The van der Waals surface area contributed by atoms with Gasteiger partial charge in [-0.15, -0.1) is 10.2 Å². The third-order valence-corrected chi connectivity index (χ3v) is 2.60. The average molecular weight is 220 g/mol. The van der Waals surface area contributed by atoms with Crippen LogP contribution in [0.15, 0.2) is 10.7 Å². The molecular weight excluding hydrogens is 208 g/mol. The number of oxazole rings is 1. The Morgan fingerprint density at radius 1 is 1.31 bits per heavy atom. The molecule has 0 unspecified atom stereocenters. The lowest BCUT2D eigenvalue weighted by molar-refractivity contribution is 0.140. The molecule has 0 saturated carbocycles. The van der Waals surface area contributed by atoms with Crippen LogP contribution in [0.5, 0.6) is 0 Å². The number of aryl methyl sites for hydroxylation is 1. The first-order chi connectivity index (χ1) is 7.84. The SMILES string of the molecule is Cc1nc(-c2nnc3n2CCOCC3)co1. The van der Waals surface area contributed by atoms with Gasteiger partial charge in [0.2, 0.25) is 0 Å². The second-order valence-electron chi connectivity index (χ2n) is 3.71. The Morgan fingerprint density at radius 3 is 3.06 bits per heavy atom. The Labute approximate surface area is 92.3 Å². The quantitative estimate of drug-likeness (QED) is 0.711. The van der Waals surface area contributed by atoms with Crippen LogP contribution >= 0.6 is 0 Å². The van der Waals surface area contributed by atoms with Crippen LogP contribution in [0, 0.1) is 6.92 Å². The summed E-state index contributed by atoms with van der Waals surface area (Å²) in [5.74, 6) is 2.35. The fraction of sp³-hybridized carbons (Fsp3) is 0.500. The number of nitrogens with zero attached hydrogens (tertiary/aromatic N) is 4. The van der Waals surface area contributed by atoms with Crippen LogP contribution in [0.4, 0.5) is 0 Å². The maximum absolute atomic E-state index is 5.40. The normalized spacial score (nSPS) is 15.8. The molecule has 0 radical (unpaired) electrons. The van der Waals surface area contributed by atoms with Crippen LogP contribution in [0.1, 0.15) is 11.7 Å². The lowest BCUT2D eigenvalue weighted by Gasteiger charge is -2.02. The molecule has 0 spiro atoms. The van der Waals surface area contributed by atoms with Crippen molar-refractivity contribution in [2.24, 2.45) is 0 Å². The van der Waals surface area contributed by atoms with Crippen molar-refractivity contribution in [3.63, 3.8) is 0 Å². The van der Waals surface area contributed by atoms with Gasteiger partial charge in [0.05, 0.1) is 13.2 Å². The fourth-order valence-corrected chi connectivity index (χ4v) is 1.83. The lowest BCUT2D eigenvalue weighted by Crippen LogP contribution is -2.05. The molecule has 2 aromatic rings. The van der Waals surface area contributed by atoms with E-state index in [2.05, 4.69) is 15.2 Å². The first kappa shape index (κ1) is 9.53. The van der Waals surface area contributed by atoms with Crippen molar-refractivity contribution in [1.82, 2.24) is 19.7 Å². The van der Waals surface area contributed by atoms with Crippen molar-refractivity contribution >= 4 is 0 Å². The third kappa shape index (κ3) is 1.51. The van der Waals surface area contributed by atoms with E-state index in [1.165, 1.54) is 0 Å². The van der Waals surface area contributed by atoms with E-state index < -0.39 is 0 Å². The zero-order valence-corrected chi connectivity index (χ0v) is 9.01. The van der Waals surface area contributed by atoms with Gasteiger partial charge in [-0.25, -0.2) is 4.98 Å². The van der Waals surface area contributed by atoms with Crippen molar-refractivity contribution in [3.8, 4) is 11.5 Å². The van der Waals surface area contributed by atoms with Gasteiger partial charge in [0, 0.05) is 19.9 Å². The molecule has 3 rings (SSSR count). The topological polar surface area (TPSA) is 66.0 Å². The summed E-state index contributed by atoms with van der Waals surface area (Å²) in [4.78, 5) is 4.26. The number of rotatable bonds is 1. The summed E-state index contributed by atoms with van der Waals surface area (Å²) in [5, 5.41) is 8.31. The van der Waals surface area contributed by atoms with E-state index >= 15 is 0 Å². The second-order valence-corrected chi connectivity index (χ2v) is 3.71. The monoisotopic (exact) mass is 220 g/mol. The molecule has 16 heavy (non-hydrogen) atoms. The molecule has 84 valence electrons. The van der Waals surface area contributed by atoms with Gasteiger partial charge in [-0.3, -0.25) is 0 Å². The van der Waals surface area contributed by atoms with E-state index in [9.17, 15) is 0 Å². The minimum atomic E-state index is 0.636. The summed E-state index contributed by atoms with van der Waals surface area (Å²) in [6.45, 7) is 3.97. The Balaban J connectivity index is 2.05. The van der Waals surface area contributed by atoms with Crippen LogP contribution in [-0.2, 0) is 17.7 Å². The molecule has 1 aliphatic rings. The van der Waals surface area contributed by atoms with Crippen LogP contribution in [-0.4, -0.2) is 33.0 Å². The van der Waals surface area contributed by atoms with Gasteiger partial charge in [-0.05, 0) is 0 Å². The first-order valence-corrected chi connectivity index (χ1v) is 5.27. The molecule has 3 heterocycles. The van der Waals surface area contributed by atoms with Gasteiger partial charge >= 0.3 is 0 Å². The number of hydrogen-bond donors (Lipinski definition) is 0. The van der Waals surface area contributed by atoms with Crippen molar-refractivity contribution < 1.29 is 9.15 Å². The van der Waals surface area contributed by atoms with E-state index in [1.807, 2.05) is 11.5 Å². The van der Waals surface area contributed by atoms with E-state index in [-0.39, 0.29) is 0 Å². The zero-order valence-electron chi connectivity index (χ0n) is 9.01. The molecular formula is C10H12N4O2. The minimum absolute atomic E-state index is 0.636. The predicted octanol–water partition coefficient (Wildman–Crippen LogP) is 0.814. The molecule has 0 N–H and O–H groups in total. The van der Waals surface area contributed by atoms with E-state index in [1.54, 1.807) is 6.26 Å². The molecule has 0 saturated heterocycles. The minimum Gasteiger partial charge on any atom is -0.449 e. The van der Waals surface area contributed by atoms with Gasteiger partial charge in [0.15, 0.2) is 11.7 Å². The molecule has 0 atom stereocenters. The van der Waals surface area contributed by atoms with Gasteiger partial charge in [-0.1, -0.05) is 0 Å². The molecule has 0 bridgehead atoms. The molecule has 6 nitrogen and oxygen atoms in total. The van der Waals surface area contributed by atoms with Gasteiger partial charge in [0.25, 0.3) is 0 Å². The number of ether oxygens (including phenoxy) is 1. The highest BCUT2D eigenvalue weighted by atomic mass is 16.5. The standard InChI is InChI=1S/C10H12N4O2/c1-7-11-8(6-16-7)10-13-12-9-2-4-15-5-3-14(9)10/h6H,2-5H2,1H3. The molecule has 1 aliphatic heterocycles. The Morgan fingerprint density at radius 2 is 2.25 bits per heavy atom. The first-order valence-electron chi connectivity index (χ1n) is 5.27. The summed E-state index contributed by atoms with van der Waals surface area (Å²) in [6.07, 6.45) is 2.40. The summed E-state index contributed by atoms with van der Waals surface area (Å²) in [5.41, 5.74) is 0.734. The molecule has 0 aliphatic carbocycles. The Kier molecular flexibility index (Phi) is 2.21. The third-order valence-electron chi connectivity index (χ3n) is 2.60. The summed E-state index contributed by atoms with van der Waals surface area (Å²) < 4.78 is 12.6. The predicted molar refractivity (Wildman–Crippen MR) is 54.8 cm³/mol. The van der Waals surface area contributed by atoms with Crippen molar-refractivity contribution in [1.29, 1.82) is 0 Å². The molecule has 0 aromatic carbocycles. The van der Waals surface area contributed by atoms with Crippen LogP contribution in [0.3, 0.4) is 0 Å². The van der Waals surface area contributed by atoms with Crippen LogP contribution < -0.4 is 0 Å². The Bertz CT molecular complexity index is 503. The van der Waals surface area contributed by atoms with Crippen LogP contribution in [0.2, 0.25) is 0 Å². The van der Waals surface area contributed by atoms with E-state index in [4.69, 9.17) is 9.15 Å². The fourth-order valence-electron chi connectivity index (χ4n) is 1.83. The number of aromatic nitrogens is 4. The smallest absolute Gasteiger partial charge is 0.191 e. The van der Waals surface area contributed by atoms with Gasteiger partial charge < -0.3 is 13.7 Å². The molecule has 0 amide bonds. The van der Waals surface area contributed by atoms with E-state index in [0.29, 0.717) is 19.1 Å². The van der Waals surface area contributed by atoms with Gasteiger partial charge in [-0.2, -0.15) is 0 Å². The Hall–Kier alpha value is -1.69. The highest BCUT2D eigenvalue weighted by molar-refractivity contribution is 5.47. The van der Waals surface area contributed by atoms with E-state index in [0.717, 1.165) is 30.3 Å². The highest BCUT2D eigenvalue weighted by Crippen LogP contribution is 2.18. The van der Waals surface area contributed by atoms with Crippen molar-refractivity contribution in [3.05, 3.63) is 18.0 Å². The average Bonchev–Trinajstić information content (AvgIpc) is 2.79. The molecule has 0 fully saturated rings. The maximum atomic E-state index is 5.40. The lowest BCUT2D eigenvalue weighted by atomic mass is 10.4. The molecule has 2 aromatic heterocycles. The maximum Gasteiger partial charge on any atom is 0.191 e. The summed E-state index contributed by atoms with van der Waals surface area (Å²) >= 11 is 0. The number of fused-ring (bicyclic) bond motifs is 1. The second kappa shape index (κ2) is 3.71. The number of hydrogen-bond acceptors (Lipinski definition) is 5.